The molecule has 1 aliphatic heterocycles. The van der Waals surface area contributed by atoms with Crippen LogP contribution in [-0.2, 0) is 4.74 Å². The van der Waals surface area contributed by atoms with Crippen LogP contribution in [-0.4, -0.2) is 46.1 Å². The second-order valence-corrected chi connectivity index (χ2v) is 8.36. The smallest absolute Gasteiger partial charge is 0.252 e. The van der Waals surface area contributed by atoms with E-state index in [0.717, 1.165) is 5.56 Å². The Labute approximate surface area is 152 Å². The van der Waals surface area contributed by atoms with E-state index in [4.69, 9.17) is 39.5 Å². The van der Waals surface area contributed by atoms with Crippen LogP contribution in [0.3, 0.4) is 0 Å². The Morgan fingerprint density at radius 1 is 1.22 bits per heavy atom. The van der Waals surface area contributed by atoms with Gasteiger partial charge >= 0.3 is 0 Å². The van der Waals surface area contributed by atoms with E-state index in [-0.39, 0.29) is 18.1 Å². The molecule has 0 saturated carbocycles. The average molecular weight is 380 g/mol. The molecule has 4 nitrogen and oxygen atoms in total. The number of hydrogen-bond acceptors (Lipinski definition) is 3. The van der Waals surface area contributed by atoms with Gasteiger partial charge in [-0.3, -0.25) is 9.69 Å². The van der Waals surface area contributed by atoms with Gasteiger partial charge in [-0.2, -0.15) is 0 Å². The predicted molar refractivity (Wildman–Crippen MR) is 94.3 cm³/mol. The van der Waals surface area contributed by atoms with Crippen molar-refractivity contribution in [3.63, 3.8) is 0 Å². The zero-order valence-electron chi connectivity index (χ0n) is 13.4. The summed E-state index contributed by atoms with van der Waals surface area (Å²) in [7, 11) is 0. The molecule has 1 amide bonds. The van der Waals surface area contributed by atoms with Crippen LogP contribution in [0.25, 0.3) is 0 Å². The first-order valence-corrected chi connectivity index (χ1v) is 8.64. The summed E-state index contributed by atoms with van der Waals surface area (Å²) in [6.07, 6.45) is -0.718. The first kappa shape index (κ1) is 18.8. The highest BCUT2D eigenvalue weighted by Gasteiger charge is 2.41. The van der Waals surface area contributed by atoms with E-state index in [1.165, 1.54) is 0 Å². The Hall–Kier alpha value is -0.520. The summed E-state index contributed by atoms with van der Waals surface area (Å²) >= 11 is 18.4. The molecule has 1 N–H and O–H groups in total. The SMILES string of the molecule is Cc1ccc(C(=O)NC(N2CC(C)OC(C)C2)C(Cl)(Cl)Cl)cc1. The Bertz CT molecular complexity index is 535. The van der Waals surface area contributed by atoms with Crippen molar-refractivity contribution >= 4 is 40.7 Å². The van der Waals surface area contributed by atoms with Crippen LogP contribution >= 0.6 is 34.8 Å². The van der Waals surface area contributed by atoms with Gasteiger partial charge in [0.15, 0.2) is 0 Å². The number of benzene rings is 1. The highest BCUT2D eigenvalue weighted by Crippen LogP contribution is 2.33. The number of amides is 1. The van der Waals surface area contributed by atoms with Crippen molar-refractivity contribution in [2.75, 3.05) is 13.1 Å². The molecular weight excluding hydrogens is 359 g/mol. The number of hydrogen-bond donors (Lipinski definition) is 1. The fraction of sp³-hybridized carbons (Fsp3) is 0.562. The van der Waals surface area contributed by atoms with Gasteiger partial charge in [-0.25, -0.2) is 0 Å². The highest BCUT2D eigenvalue weighted by molar-refractivity contribution is 6.68. The Morgan fingerprint density at radius 3 is 2.22 bits per heavy atom. The maximum absolute atomic E-state index is 12.5. The number of carbonyl (C=O) groups excluding carboxylic acids is 1. The molecule has 1 fully saturated rings. The number of nitrogens with one attached hydrogen (secondary N) is 1. The molecule has 1 heterocycles. The van der Waals surface area contributed by atoms with Crippen molar-refractivity contribution in [1.82, 2.24) is 10.2 Å². The van der Waals surface area contributed by atoms with Crippen molar-refractivity contribution in [2.24, 2.45) is 0 Å². The topological polar surface area (TPSA) is 41.6 Å². The number of nitrogens with zero attached hydrogens (tertiary/aromatic N) is 1. The molecule has 1 aromatic carbocycles. The summed E-state index contributed by atoms with van der Waals surface area (Å²) in [4.78, 5) is 14.4. The Balaban J connectivity index is 2.16. The fourth-order valence-corrected chi connectivity index (χ4v) is 3.30. The lowest BCUT2D eigenvalue weighted by molar-refractivity contribution is -0.0826. The molecule has 3 unspecified atom stereocenters. The normalized spacial score (nSPS) is 24.3. The summed E-state index contributed by atoms with van der Waals surface area (Å²) < 4.78 is 4.06. The van der Waals surface area contributed by atoms with E-state index < -0.39 is 9.96 Å². The van der Waals surface area contributed by atoms with Gasteiger partial charge in [-0.05, 0) is 32.9 Å². The summed E-state index contributed by atoms with van der Waals surface area (Å²) in [5.41, 5.74) is 1.61. The minimum absolute atomic E-state index is 0.00452. The molecule has 7 heteroatoms. The summed E-state index contributed by atoms with van der Waals surface area (Å²) in [5, 5.41) is 2.84. The van der Waals surface area contributed by atoms with E-state index in [1.54, 1.807) is 12.1 Å². The third-order valence-corrected chi connectivity index (χ3v) is 4.32. The van der Waals surface area contributed by atoms with Crippen molar-refractivity contribution in [2.45, 2.75) is 42.9 Å². The third-order valence-electron chi connectivity index (χ3n) is 3.70. The first-order chi connectivity index (χ1) is 10.7. The molecular formula is C16H21Cl3N2O2. The molecule has 0 aliphatic carbocycles. The van der Waals surface area contributed by atoms with Gasteiger partial charge in [0, 0.05) is 18.7 Å². The summed E-state index contributed by atoms with van der Waals surface area (Å²) in [6, 6.07) is 7.26. The highest BCUT2D eigenvalue weighted by atomic mass is 35.6. The molecule has 0 bridgehead atoms. The van der Waals surface area contributed by atoms with Gasteiger partial charge < -0.3 is 10.1 Å². The van der Waals surface area contributed by atoms with Crippen molar-refractivity contribution in [3.05, 3.63) is 35.4 Å². The van der Waals surface area contributed by atoms with Crippen LogP contribution in [0.4, 0.5) is 0 Å². The van der Waals surface area contributed by atoms with Crippen molar-refractivity contribution in [1.29, 1.82) is 0 Å². The van der Waals surface area contributed by atoms with E-state index in [0.29, 0.717) is 18.7 Å². The number of alkyl halides is 3. The van der Waals surface area contributed by atoms with Crippen LogP contribution in [0, 0.1) is 6.92 Å². The van der Waals surface area contributed by atoms with Gasteiger partial charge in [-0.15, -0.1) is 0 Å². The van der Waals surface area contributed by atoms with Gasteiger partial charge in [0.25, 0.3) is 5.91 Å². The van der Waals surface area contributed by atoms with E-state index in [2.05, 4.69) is 5.32 Å². The molecule has 1 aliphatic rings. The fourth-order valence-electron chi connectivity index (χ4n) is 2.72. The lowest BCUT2D eigenvalue weighted by Crippen LogP contribution is -2.60. The lowest BCUT2D eigenvalue weighted by Gasteiger charge is -2.42. The van der Waals surface area contributed by atoms with E-state index >= 15 is 0 Å². The number of carbonyl (C=O) groups is 1. The largest absolute Gasteiger partial charge is 0.373 e. The van der Waals surface area contributed by atoms with Gasteiger partial charge in [0.1, 0.15) is 6.17 Å². The quantitative estimate of drug-likeness (QED) is 0.817. The Morgan fingerprint density at radius 2 is 1.74 bits per heavy atom. The number of halogens is 3. The van der Waals surface area contributed by atoms with E-state index in [9.17, 15) is 4.79 Å². The molecule has 0 spiro atoms. The van der Waals surface area contributed by atoms with Crippen LogP contribution in [0.2, 0.25) is 0 Å². The molecule has 3 atom stereocenters. The number of morpholine rings is 1. The van der Waals surface area contributed by atoms with Crippen LogP contribution in [0.15, 0.2) is 24.3 Å². The van der Waals surface area contributed by atoms with Crippen molar-refractivity contribution in [3.8, 4) is 0 Å². The van der Waals surface area contributed by atoms with Gasteiger partial charge in [0.2, 0.25) is 3.79 Å². The zero-order chi connectivity index (χ0) is 17.2. The van der Waals surface area contributed by atoms with Gasteiger partial charge in [-0.1, -0.05) is 52.5 Å². The first-order valence-electron chi connectivity index (χ1n) is 7.50. The summed E-state index contributed by atoms with van der Waals surface area (Å²) in [5.74, 6) is -0.270. The maximum atomic E-state index is 12.5. The lowest BCUT2D eigenvalue weighted by atomic mass is 10.1. The minimum Gasteiger partial charge on any atom is -0.373 e. The number of ether oxygens (including phenoxy) is 1. The van der Waals surface area contributed by atoms with Crippen LogP contribution in [0.1, 0.15) is 29.8 Å². The summed E-state index contributed by atoms with van der Waals surface area (Å²) in [6.45, 7) is 7.04. The molecule has 23 heavy (non-hydrogen) atoms. The second kappa shape index (κ2) is 7.58. The van der Waals surface area contributed by atoms with Crippen LogP contribution in [0.5, 0.6) is 0 Å². The van der Waals surface area contributed by atoms with E-state index in [1.807, 2.05) is 37.8 Å². The molecule has 1 saturated heterocycles. The van der Waals surface area contributed by atoms with Crippen molar-refractivity contribution < 1.29 is 9.53 Å². The molecule has 0 aromatic heterocycles. The second-order valence-electron chi connectivity index (χ2n) is 5.99. The van der Waals surface area contributed by atoms with Crippen LogP contribution < -0.4 is 5.32 Å². The standard InChI is InChI=1S/C16H21Cl3N2O2/c1-10-4-6-13(7-5-10)14(22)20-15(16(17,18)19)21-8-11(2)23-12(3)9-21/h4-7,11-12,15H,8-9H2,1-3H3,(H,20,22). The number of rotatable bonds is 3. The van der Waals surface area contributed by atoms with Gasteiger partial charge in [0.05, 0.1) is 12.2 Å². The number of aryl methyl sites for hydroxylation is 1. The molecule has 0 radical (unpaired) electrons. The molecule has 1 aromatic rings. The molecule has 128 valence electrons. The minimum atomic E-state index is -1.64. The third kappa shape index (κ3) is 5.23. The monoisotopic (exact) mass is 378 g/mol. The Kier molecular flexibility index (Phi) is 6.20. The molecule has 2 rings (SSSR count). The zero-order valence-corrected chi connectivity index (χ0v) is 15.6. The average Bonchev–Trinajstić information content (AvgIpc) is 2.42. The maximum Gasteiger partial charge on any atom is 0.252 e. The predicted octanol–water partition coefficient (Wildman–Crippen LogP) is 3.53.